The summed E-state index contributed by atoms with van der Waals surface area (Å²) in [7, 11) is 1.64. The Kier molecular flexibility index (Phi) is 5.46. The zero-order valence-corrected chi connectivity index (χ0v) is 17.7. The summed E-state index contributed by atoms with van der Waals surface area (Å²) in [4.78, 5) is 43.9. The van der Waals surface area contributed by atoms with E-state index >= 15 is 0 Å². The van der Waals surface area contributed by atoms with Crippen LogP contribution in [0.4, 0.5) is 15.1 Å². The van der Waals surface area contributed by atoms with Gasteiger partial charge in [0.05, 0.1) is 24.3 Å². The largest absolute Gasteiger partial charge is 0.374 e. The third-order valence-electron chi connectivity index (χ3n) is 5.49. The van der Waals surface area contributed by atoms with Gasteiger partial charge in [-0.2, -0.15) is 0 Å². The Balaban J connectivity index is 1.54. The number of rotatable bonds is 4. The first-order valence-electron chi connectivity index (χ1n) is 9.87. The second kappa shape index (κ2) is 8.06. The van der Waals surface area contributed by atoms with Crippen LogP contribution < -0.4 is 10.2 Å². The predicted molar refractivity (Wildman–Crippen MR) is 113 cm³/mol. The molecule has 0 saturated carbocycles. The van der Waals surface area contributed by atoms with Crippen LogP contribution in [0.1, 0.15) is 27.7 Å². The van der Waals surface area contributed by atoms with E-state index in [4.69, 9.17) is 0 Å². The van der Waals surface area contributed by atoms with Crippen molar-refractivity contribution in [1.82, 2.24) is 9.80 Å². The van der Waals surface area contributed by atoms with E-state index in [-0.39, 0.29) is 36.5 Å². The van der Waals surface area contributed by atoms with Gasteiger partial charge in [0.15, 0.2) is 0 Å². The lowest BCUT2D eigenvalue weighted by molar-refractivity contribution is -0.130. The highest BCUT2D eigenvalue weighted by Crippen LogP contribution is 2.41. The summed E-state index contributed by atoms with van der Waals surface area (Å²) in [6.07, 6.45) is 0.554. The number of thiophene rings is 1. The topological polar surface area (TPSA) is 73.0 Å². The van der Waals surface area contributed by atoms with Gasteiger partial charge < -0.3 is 20.0 Å². The fourth-order valence-corrected chi connectivity index (χ4v) is 5.32. The third kappa shape index (κ3) is 3.54. The normalized spacial score (nSPS) is 16.3. The van der Waals surface area contributed by atoms with Crippen molar-refractivity contribution in [2.45, 2.75) is 19.9 Å². The van der Waals surface area contributed by atoms with Crippen LogP contribution >= 0.6 is 11.3 Å². The fraction of sp³-hybridized carbons (Fsp3) is 0.381. The van der Waals surface area contributed by atoms with Crippen molar-refractivity contribution in [3.8, 4) is 0 Å². The molecule has 0 bridgehead atoms. The van der Waals surface area contributed by atoms with Gasteiger partial charge in [-0.05, 0) is 31.0 Å². The summed E-state index contributed by atoms with van der Waals surface area (Å²) in [5, 5.41) is 3.53. The number of halogens is 1. The average molecular weight is 431 g/mol. The molecule has 0 radical (unpaired) electrons. The van der Waals surface area contributed by atoms with E-state index < -0.39 is 5.82 Å². The maximum atomic E-state index is 13.8. The Bertz CT molecular complexity index is 1020. The first-order valence-corrected chi connectivity index (χ1v) is 10.7. The minimum Gasteiger partial charge on any atom is -0.374 e. The first kappa shape index (κ1) is 20.3. The zero-order valence-electron chi connectivity index (χ0n) is 16.9. The molecule has 3 heterocycles. The molecule has 2 aliphatic heterocycles. The Morgan fingerprint density at radius 2 is 2.00 bits per heavy atom. The second-order valence-corrected chi connectivity index (χ2v) is 8.47. The minimum absolute atomic E-state index is 0.0113. The number of fused-ring (bicyclic) bond motifs is 3. The predicted octanol–water partition coefficient (Wildman–Crippen LogP) is 2.32. The maximum Gasteiger partial charge on any atom is 0.257 e. The smallest absolute Gasteiger partial charge is 0.257 e. The quantitative estimate of drug-likeness (QED) is 0.808. The highest BCUT2D eigenvalue weighted by atomic mass is 32.1. The van der Waals surface area contributed by atoms with Gasteiger partial charge >= 0.3 is 0 Å². The number of nitrogens with zero attached hydrogens (tertiary/aromatic N) is 3. The van der Waals surface area contributed by atoms with Gasteiger partial charge in [0.2, 0.25) is 11.8 Å². The summed E-state index contributed by atoms with van der Waals surface area (Å²) < 4.78 is 13.8. The molecule has 2 aliphatic rings. The maximum absolute atomic E-state index is 13.8. The molecule has 1 N–H and O–H groups in total. The molecular formula is C21H23FN4O3S. The van der Waals surface area contributed by atoms with Crippen LogP contribution in [0.25, 0.3) is 0 Å². The fourth-order valence-electron chi connectivity index (χ4n) is 3.88. The van der Waals surface area contributed by atoms with Crippen LogP contribution in [-0.2, 0) is 22.6 Å². The first-order chi connectivity index (χ1) is 14.4. The van der Waals surface area contributed by atoms with Crippen molar-refractivity contribution < 1.29 is 18.8 Å². The van der Waals surface area contributed by atoms with Gasteiger partial charge in [0, 0.05) is 25.0 Å². The lowest BCUT2D eigenvalue weighted by Gasteiger charge is -2.28. The highest BCUT2D eigenvalue weighted by molar-refractivity contribution is 7.17. The third-order valence-corrected chi connectivity index (χ3v) is 6.73. The molecular weight excluding hydrogens is 407 g/mol. The van der Waals surface area contributed by atoms with Crippen LogP contribution in [0.15, 0.2) is 24.3 Å². The molecule has 0 unspecified atom stereocenters. The number of anilines is 2. The van der Waals surface area contributed by atoms with Crippen molar-refractivity contribution in [1.29, 1.82) is 0 Å². The van der Waals surface area contributed by atoms with Crippen molar-refractivity contribution >= 4 is 39.7 Å². The van der Waals surface area contributed by atoms with E-state index in [1.54, 1.807) is 35.0 Å². The molecule has 1 aromatic heterocycles. The van der Waals surface area contributed by atoms with Crippen molar-refractivity contribution in [3.05, 3.63) is 46.1 Å². The molecule has 7 nitrogen and oxygen atoms in total. The van der Waals surface area contributed by atoms with Gasteiger partial charge in [0.25, 0.3) is 5.91 Å². The Morgan fingerprint density at radius 3 is 2.73 bits per heavy atom. The van der Waals surface area contributed by atoms with E-state index in [0.29, 0.717) is 36.6 Å². The van der Waals surface area contributed by atoms with Crippen molar-refractivity contribution in [2.24, 2.45) is 0 Å². The summed E-state index contributed by atoms with van der Waals surface area (Å²) in [6.45, 7) is 3.29. The number of amides is 3. The van der Waals surface area contributed by atoms with Crippen LogP contribution in [0.2, 0.25) is 0 Å². The van der Waals surface area contributed by atoms with Gasteiger partial charge in [-0.25, -0.2) is 4.39 Å². The van der Waals surface area contributed by atoms with Crippen molar-refractivity contribution in [2.75, 3.05) is 43.4 Å². The second-order valence-electron chi connectivity index (χ2n) is 7.38. The lowest BCUT2D eigenvalue weighted by Crippen LogP contribution is -2.39. The summed E-state index contributed by atoms with van der Waals surface area (Å²) in [5.41, 5.74) is 1.82. The number of nitrogens with one attached hydrogen (secondary N) is 1. The standard InChI is InChI=1S/C21H23FN4O3S/c1-3-26-18(28)12-24(2)20(29)19-13-8-9-25(11-16(13)30-21(19)26)17(27)10-23-15-7-5-4-6-14(15)22/h4-7,23H,3,8-12H2,1-2H3. The number of likely N-dealkylation sites (N-methyl/N-ethyl adjacent to an activating group) is 2. The Morgan fingerprint density at radius 1 is 1.23 bits per heavy atom. The number of carbonyl (C=O) groups excluding carboxylic acids is 3. The SMILES string of the molecule is CCN1C(=O)CN(C)C(=O)c2c1sc1c2CCN(C(=O)CNc2ccccc2F)C1. The van der Waals surface area contributed by atoms with Crippen LogP contribution in [0.3, 0.4) is 0 Å². The van der Waals surface area contributed by atoms with Crippen LogP contribution in [0.5, 0.6) is 0 Å². The average Bonchev–Trinajstić information content (AvgIpc) is 3.07. The Labute approximate surface area is 178 Å². The molecule has 158 valence electrons. The lowest BCUT2D eigenvalue weighted by atomic mass is 10.0. The van der Waals surface area contributed by atoms with E-state index in [2.05, 4.69) is 5.32 Å². The van der Waals surface area contributed by atoms with E-state index in [0.717, 1.165) is 10.4 Å². The minimum atomic E-state index is -0.403. The van der Waals surface area contributed by atoms with Gasteiger partial charge in [-0.1, -0.05) is 12.1 Å². The molecule has 0 aliphatic carbocycles. The number of para-hydroxylation sites is 1. The highest BCUT2D eigenvalue weighted by Gasteiger charge is 2.36. The molecule has 0 spiro atoms. The molecule has 4 rings (SSSR count). The van der Waals surface area contributed by atoms with Crippen molar-refractivity contribution in [3.63, 3.8) is 0 Å². The molecule has 0 fully saturated rings. The zero-order chi connectivity index (χ0) is 21.4. The Hall–Kier alpha value is -2.94. The summed E-state index contributed by atoms with van der Waals surface area (Å²) >= 11 is 1.41. The van der Waals surface area contributed by atoms with Gasteiger partial charge in [0.1, 0.15) is 17.4 Å². The van der Waals surface area contributed by atoms with Crippen LogP contribution in [0, 0.1) is 5.82 Å². The van der Waals surface area contributed by atoms with Crippen LogP contribution in [-0.4, -0.2) is 60.7 Å². The number of hydrogen-bond donors (Lipinski definition) is 1. The molecule has 0 atom stereocenters. The van der Waals surface area contributed by atoms with Gasteiger partial charge in [-0.3, -0.25) is 14.4 Å². The molecule has 0 saturated heterocycles. The monoisotopic (exact) mass is 430 g/mol. The van der Waals surface area contributed by atoms with E-state index in [1.165, 1.54) is 22.3 Å². The van der Waals surface area contributed by atoms with E-state index in [1.807, 2.05) is 6.92 Å². The number of hydrogen-bond acceptors (Lipinski definition) is 5. The number of carbonyl (C=O) groups is 3. The molecule has 1 aromatic carbocycles. The molecule has 3 amide bonds. The van der Waals surface area contributed by atoms with E-state index in [9.17, 15) is 18.8 Å². The molecule has 2 aromatic rings. The van der Waals surface area contributed by atoms with Gasteiger partial charge in [-0.15, -0.1) is 11.3 Å². The molecule has 30 heavy (non-hydrogen) atoms. The number of benzene rings is 1. The summed E-state index contributed by atoms with van der Waals surface area (Å²) in [6, 6.07) is 6.23. The summed E-state index contributed by atoms with van der Waals surface area (Å²) in [5.74, 6) is -0.792. The molecule has 9 heteroatoms.